The third-order valence-corrected chi connectivity index (χ3v) is 4.61. The Hall–Kier alpha value is -1.15. The van der Waals surface area contributed by atoms with Crippen molar-refractivity contribution in [3.05, 3.63) is 35.9 Å². The quantitative estimate of drug-likeness (QED) is 0.810. The van der Waals surface area contributed by atoms with Crippen molar-refractivity contribution in [1.29, 1.82) is 0 Å². The lowest BCUT2D eigenvalue weighted by Gasteiger charge is -2.26. The lowest BCUT2D eigenvalue weighted by atomic mass is 9.87. The van der Waals surface area contributed by atoms with Gasteiger partial charge in [0.2, 0.25) is 0 Å². The summed E-state index contributed by atoms with van der Waals surface area (Å²) in [5, 5.41) is 0. The maximum atomic E-state index is 12.1. The Kier molecular flexibility index (Phi) is 3.21. The minimum Gasteiger partial charge on any atom is -0.301 e. The van der Waals surface area contributed by atoms with Crippen LogP contribution in [0.25, 0.3) is 0 Å². The standard InChI is InChI=1S/C16H21NO/c1-17(10-12-5-3-2-4-6-12)11-15-13-7-8-14(9-13)16(15)18/h2-6,13-15H,7-11H2,1H3/t13-,14+,15-/m1/s1. The molecule has 18 heavy (non-hydrogen) atoms. The second-order valence-electron chi connectivity index (χ2n) is 5.96. The molecule has 2 fully saturated rings. The third kappa shape index (κ3) is 2.22. The second kappa shape index (κ2) is 4.85. The van der Waals surface area contributed by atoms with Gasteiger partial charge in [0.15, 0.2) is 0 Å². The minimum absolute atomic E-state index is 0.317. The molecule has 96 valence electrons. The molecule has 3 atom stereocenters. The van der Waals surface area contributed by atoms with Gasteiger partial charge in [-0.25, -0.2) is 0 Å². The Morgan fingerprint density at radius 1 is 1.22 bits per heavy atom. The molecule has 2 heteroatoms. The van der Waals surface area contributed by atoms with E-state index in [9.17, 15) is 4.79 Å². The molecule has 0 heterocycles. The molecule has 2 bridgehead atoms. The first-order valence-corrected chi connectivity index (χ1v) is 7.00. The Balaban J connectivity index is 1.58. The predicted octanol–water partition coefficient (Wildman–Crippen LogP) is 2.73. The first kappa shape index (κ1) is 11.9. The van der Waals surface area contributed by atoms with Crippen LogP contribution in [0.5, 0.6) is 0 Å². The number of carbonyl (C=O) groups is 1. The summed E-state index contributed by atoms with van der Waals surface area (Å²) in [6.07, 6.45) is 3.60. The van der Waals surface area contributed by atoms with Gasteiger partial charge in [-0.05, 0) is 37.8 Å². The highest BCUT2D eigenvalue weighted by atomic mass is 16.1. The van der Waals surface area contributed by atoms with Crippen LogP contribution in [-0.2, 0) is 11.3 Å². The highest BCUT2D eigenvalue weighted by molar-refractivity contribution is 5.87. The lowest BCUT2D eigenvalue weighted by Crippen LogP contribution is -2.33. The number of hydrogen-bond donors (Lipinski definition) is 0. The number of carbonyl (C=O) groups excluding carboxylic acids is 1. The van der Waals surface area contributed by atoms with Gasteiger partial charge < -0.3 is 4.90 Å². The normalized spacial score (nSPS) is 30.3. The van der Waals surface area contributed by atoms with Gasteiger partial charge in [0.25, 0.3) is 0 Å². The minimum atomic E-state index is 0.317. The summed E-state index contributed by atoms with van der Waals surface area (Å²) in [5.41, 5.74) is 1.33. The van der Waals surface area contributed by atoms with Gasteiger partial charge in [-0.15, -0.1) is 0 Å². The molecule has 0 N–H and O–H groups in total. The van der Waals surface area contributed by atoms with Gasteiger partial charge in [-0.1, -0.05) is 30.3 Å². The fourth-order valence-corrected chi connectivity index (χ4v) is 3.71. The second-order valence-corrected chi connectivity index (χ2v) is 5.96. The molecule has 2 saturated carbocycles. The third-order valence-electron chi connectivity index (χ3n) is 4.61. The number of nitrogens with zero attached hydrogens (tertiary/aromatic N) is 1. The molecule has 2 nitrogen and oxygen atoms in total. The SMILES string of the molecule is CN(Cc1ccccc1)C[C@H]1C(=O)[C@H]2CC[C@@H]1C2. The van der Waals surface area contributed by atoms with Crippen LogP contribution in [0.3, 0.4) is 0 Å². The molecular formula is C16H21NO. The number of Topliss-reactive ketones (excluding diaryl/α,β-unsaturated/α-hetero) is 1. The molecule has 0 unspecified atom stereocenters. The number of hydrogen-bond acceptors (Lipinski definition) is 2. The van der Waals surface area contributed by atoms with E-state index in [2.05, 4.69) is 36.2 Å². The number of fused-ring (bicyclic) bond motifs is 2. The summed E-state index contributed by atoms with van der Waals surface area (Å²) in [6, 6.07) is 10.5. The van der Waals surface area contributed by atoms with Crippen molar-refractivity contribution in [2.75, 3.05) is 13.6 Å². The first-order valence-electron chi connectivity index (χ1n) is 7.00. The average Bonchev–Trinajstić information content (AvgIpc) is 2.94. The van der Waals surface area contributed by atoms with E-state index in [1.165, 1.54) is 18.4 Å². The molecular weight excluding hydrogens is 222 g/mol. The molecule has 3 rings (SSSR count). The van der Waals surface area contributed by atoms with Gasteiger partial charge >= 0.3 is 0 Å². The van der Waals surface area contributed by atoms with E-state index in [-0.39, 0.29) is 0 Å². The smallest absolute Gasteiger partial charge is 0.140 e. The molecule has 0 saturated heterocycles. The fourth-order valence-electron chi connectivity index (χ4n) is 3.71. The molecule has 2 aliphatic carbocycles. The maximum absolute atomic E-state index is 12.1. The zero-order chi connectivity index (χ0) is 12.5. The Labute approximate surface area is 109 Å². The highest BCUT2D eigenvalue weighted by Gasteiger charge is 2.46. The van der Waals surface area contributed by atoms with Crippen molar-refractivity contribution in [2.45, 2.75) is 25.8 Å². The van der Waals surface area contributed by atoms with Crippen molar-refractivity contribution in [2.24, 2.45) is 17.8 Å². The van der Waals surface area contributed by atoms with Crippen LogP contribution in [0.2, 0.25) is 0 Å². The average molecular weight is 243 g/mol. The lowest BCUT2D eigenvalue weighted by molar-refractivity contribution is -0.126. The van der Waals surface area contributed by atoms with Crippen LogP contribution >= 0.6 is 0 Å². The largest absolute Gasteiger partial charge is 0.301 e. The summed E-state index contributed by atoms with van der Waals surface area (Å²) < 4.78 is 0. The summed E-state index contributed by atoms with van der Waals surface area (Å²) in [7, 11) is 2.13. The van der Waals surface area contributed by atoms with Crippen molar-refractivity contribution in [1.82, 2.24) is 4.90 Å². The van der Waals surface area contributed by atoms with Crippen molar-refractivity contribution in [3.8, 4) is 0 Å². The highest BCUT2D eigenvalue weighted by Crippen LogP contribution is 2.46. The Morgan fingerprint density at radius 2 is 2.00 bits per heavy atom. The van der Waals surface area contributed by atoms with Crippen molar-refractivity contribution in [3.63, 3.8) is 0 Å². The van der Waals surface area contributed by atoms with Gasteiger partial charge in [0.1, 0.15) is 5.78 Å². The van der Waals surface area contributed by atoms with Crippen LogP contribution in [0.4, 0.5) is 0 Å². The maximum Gasteiger partial charge on any atom is 0.140 e. The summed E-state index contributed by atoms with van der Waals surface area (Å²) >= 11 is 0. The summed E-state index contributed by atoms with van der Waals surface area (Å²) in [4.78, 5) is 14.4. The number of ketones is 1. The zero-order valence-electron chi connectivity index (χ0n) is 11.0. The summed E-state index contributed by atoms with van der Waals surface area (Å²) in [5.74, 6) is 1.95. The van der Waals surface area contributed by atoms with Crippen LogP contribution in [-0.4, -0.2) is 24.3 Å². The van der Waals surface area contributed by atoms with E-state index in [1.54, 1.807) is 0 Å². The summed E-state index contributed by atoms with van der Waals surface area (Å²) in [6.45, 7) is 1.89. The molecule has 0 spiro atoms. The van der Waals surface area contributed by atoms with Gasteiger partial charge in [-0.3, -0.25) is 4.79 Å². The van der Waals surface area contributed by atoms with Crippen molar-refractivity contribution < 1.29 is 4.79 Å². The van der Waals surface area contributed by atoms with Crippen LogP contribution < -0.4 is 0 Å². The van der Waals surface area contributed by atoms with E-state index in [1.807, 2.05) is 6.07 Å². The molecule has 0 amide bonds. The van der Waals surface area contributed by atoms with E-state index < -0.39 is 0 Å². The Bertz CT molecular complexity index is 428. The van der Waals surface area contributed by atoms with E-state index in [0.29, 0.717) is 23.5 Å². The van der Waals surface area contributed by atoms with Gasteiger partial charge in [-0.2, -0.15) is 0 Å². The van der Waals surface area contributed by atoms with Gasteiger partial charge in [0, 0.05) is 24.9 Å². The number of rotatable bonds is 4. The van der Waals surface area contributed by atoms with E-state index in [0.717, 1.165) is 19.5 Å². The molecule has 0 radical (unpaired) electrons. The van der Waals surface area contributed by atoms with E-state index in [4.69, 9.17) is 0 Å². The molecule has 0 aliphatic heterocycles. The number of benzene rings is 1. The van der Waals surface area contributed by atoms with Crippen LogP contribution in [0, 0.1) is 17.8 Å². The molecule has 1 aromatic carbocycles. The molecule has 1 aromatic rings. The molecule has 0 aromatic heterocycles. The predicted molar refractivity (Wildman–Crippen MR) is 72.1 cm³/mol. The molecule has 2 aliphatic rings. The monoisotopic (exact) mass is 243 g/mol. The van der Waals surface area contributed by atoms with Gasteiger partial charge in [0.05, 0.1) is 0 Å². The Morgan fingerprint density at radius 3 is 2.67 bits per heavy atom. The fraction of sp³-hybridized carbons (Fsp3) is 0.562. The zero-order valence-corrected chi connectivity index (χ0v) is 11.0. The van der Waals surface area contributed by atoms with Crippen molar-refractivity contribution >= 4 is 5.78 Å². The first-order chi connectivity index (χ1) is 8.74. The van der Waals surface area contributed by atoms with Crippen LogP contribution in [0.1, 0.15) is 24.8 Å². The van der Waals surface area contributed by atoms with E-state index >= 15 is 0 Å². The topological polar surface area (TPSA) is 20.3 Å². The van der Waals surface area contributed by atoms with Crippen LogP contribution in [0.15, 0.2) is 30.3 Å².